The van der Waals surface area contributed by atoms with Gasteiger partial charge >= 0.3 is 35.1 Å². The number of aliphatic carboxylic acids is 2. The van der Waals surface area contributed by atoms with Crippen molar-refractivity contribution >= 4 is 41.7 Å². The lowest BCUT2D eigenvalue weighted by Crippen LogP contribution is -2.49. The molecule has 3 aliphatic rings. The van der Waals surface area contributed by atoms with Crippen molar-refractivity contribution in [3.63, 3.8) is 0 Å². The van der Waals surface area contributed by atoms with E-state index in [9.17, 15) is 78.6 Å². The third kappa shape index (κ3) is 26.0. The second kappa shape index (κ2) is 43.9. The summed E-state index contributed by atoms with van der Waals surface area (Å²) < 4.78 is 14.9. The molecule has 126 heavy (non-hydrogen) atoms. The molecule has 678 valence electrons. The molecule has 9 aromatic rings. The van der Waals surface area contributed by atoms with E-state index in [2.05, 4.69) is 66.6 Å². The molecule has 12 rings (SSSR count). The third-order valence-corrected chi connectivity index (χ3v) is 21.4. The number of hydrogen-bond donors (Lipinski definition) is 16. The predicted molar refractivity (Wildman–Crippen MR) is 470 cm³/mol. The van der Waals surface area contributed by atoms with E-state index in [1.165, 1.54) is 44.9 Å². The Hall–Kier alpha value is -13.2. The molecule has 0 spiro atoms. The van der Waals surface area contributed by atoms with Gasteiger partial charge in [0.15, 0.2) is 17.5 Å². The van der Waals surface area contributed by atoms with Crippen LogP contribution in [0.3, 0.4) is 0 Å². The van der Waals surface area contributed by atoms with Crippen LogP contribution < -0.4 is 44.1 Å². The maximum Gasteiger partial charge on any atom is 0.408 e. The quantitative estimate of drug-likeness (QED) is 0.0226. The zero-order chi connectivity index (χ0) is 92.7. The number of aromatic hydroxyl groups is 6. The topological polar surface area (TPSA) is 533 Å². The first-order valence-electron chi connectivity index (χ1n) is 42.6. The number of piperazine rings is 3. The number of carboxylic acids is 2. The first-order chi connectivity index (χ1) is 60.4. The number of carbonyl (C=O) groups is 7. The van der Waals surface area contributed by atoms with Gasteiger partial charge in [-0.2, -0.15) is 15.3 Å². The minimum absolute atomic E-state index is 0.0212. The molecular weight excluding hydrogens is 1630 g/mol. The number of phenolic OH excluding ortho intramolecular Hbond substituents is 6. The smallest absolute Gasteiger partial charge is 0.408 e. The van der Waals surface area contributed by atoms with E-state index < -0.39 is 64.6 Å². The summed E-state index contributed by atoms with van der Waals surface area (Å²) in [5.41, 5.74) is 12.0. The molecule has 0 unspecified atom stereocenters. The van der Waals surface area contributed by atoms with Gasteiger partial charge in [0.1, 0.15) is 46.1 Å². The summed E-state index contributed by atoms with van der Waals surface area (Å²) in [7, 11) is 1.25. The Balaban J connectivity index is 0.000000274. The second-order valence-electron chi connectivity index (χ2n) is 32.9. The van der Waals surface area contributed by atoms with Crippen molar-refractivity contribution in [3.05, 3.63) is 174 Å². The molecule has 6 heterocycles. The zero-order valence-corrected chi connectivity index (χ0v) is 72.6. The molecule has 0 bridgehead atoms. The van der Waals surface area contributed by atoms with Gasteiger partial charge in [-0.05, 0) is 139 Å². The fraction of sp³-hybridized carbons (Fsp3) is 0.443. The summed E-state index contributed by atoms with van der Waals surface area (Å²) in [5, 5.41) is 110. The number of hydrogen-bond acceptors (Lipinski definition) is 25. The number of benzene rings is 6. The Morgan fingerprint density at radius 2 is 0.794 bits per heavy atom. The van der Waals surface area contributed by atoms with Gasteiger partial charge < -0.3 is 82.4 Å². The van der Waals surface area contributed by atoms with Gasteiger partial charge in [0.25, 0.3) is 0 Å². The van der Waals surface area contributed by atoms with Gasteiger partial charge in [-0.25, -0.2) is 48.2 Å². The van der Waals surface area contributed by atoms with Crippen LogP contribution in [0.5, 0.6) is 34.5 Å². The van der Waals surface area contributed by atoms with Gasteiger partial charge in [-0.3, -0.25) is 43.5 Å². The Bertz CT molecular complexity index is 5440. The van der Waals surface area contributed by atoms with E-state index in [0.717, 1.165) is 43.9 Å². The van der Waals surface area contributed by atoms with Crippen LogP contribution in [0.1, 0.15) is 161 Å². The Kier molecular flexibility index (Phi) is 33.1. The molecule has 3 fully saturated rings. The summed E-state index contributed by atoms with van der Waals surface area (Å²) in [6.07, 6.45) is -1.16. The van der Waals surface area contributed by atoms with E-state index in [0.29, 0.717) is 122 Å². The van der Waals surface area contributed by atoms with E-state index in [4.69, 9.17) is 22.1 Å². The number of nitrogens with zero attached hydrogens (tertiary/aromatic N) is 11. The number of nitrogens with one attached hydrogen (secondary N) is 7. The molecule has 3 aromatic heterocycles. The number of alkyl carbamates (subject to hydrolysis) is 1. The zero-order valence-electron chi connectivity index (χ0n) is 73.6. The molecule has 6 aromatic carbocycles. The lowest BCUT2D eigenvalue weighted by Gasteiger charge is -2.35. The lowest BCUT2D eigenvalue weighted by atomic mass is 9.98. The number of carbonyl (C=O) groups excluding carboxylic acids is 5. The number of nitrogens with two attached hydrogens (primary N) is 1. The number of rotatable bonds is 30. The summed E-state index contributed by atoms with van der Waals surface area (Å²) in [4.78, 5) is 132. The Morgan fingerprint density at radius 1 is 0.460 bits per heavy atom. The monoisotopic (exact) mass is 1750 g/mol. The number of aromatic amines is 3. The molecular formula is C88H117N19O19. The molecule has 0 radical (unpaired) electrons. The highest BCUT2D eigenvalue weighted by atomic mass is 16.6. The number of amides is 5. The number of ether oxygens (including phenoxy) is 1. The summed E-state index contributed by atoms with van der Waals surface area (Å²) in [6, 6.07) is 29.5. The molecule has 3 saturated heterocycles. The maximum atomic E-state index is 13.1. The molecule has 5 amide bonds. The molecule has 17 N–H and O–H groups in total. The first-order valence-corrected chi connectivity index (χ1v) is 41.6. The number of H-pyrrole nitrogens is 3. The fourth-order valence-electron chi connectivity index (χ4n) is 14.6. The highest BCUT2D eigenvalue weighted by Gasteiger charge is 2.30. The second-order valence-corrected chi connectivity index (χ2v) is 32.9. The van der Waals surface area contributed by atoms with Crippen molar-refractivity contribution < 1.29 is 80.5 Å². The van der Waals surface area contributed by atoms with Gasteiger partial charge in [-0.15, -0.1) is 0 Å². The average molecular weight is 1750 g/mol. The van der Waals surface area contributed by atoms with Crippen LogP contribution >= 0.6 is 0 Å². The van der Waals surface area contributed by atoms with E-state index in [1.54, 1.807) is 48.8 Å². The van der Waals surface area contributed by atoms with Crippen molar-refractivity contribution in [2.45, 2.75) is 163 Å². The number of phenols is 6. The standard InChI is InChI=1S/C52H64N12O9.C22H27N5O3.C13H22N2O7.CH4/c1-31(2)37-25-39(44(67)27-42(37)65)48-55-57-51(72)63(48)35-9-5-33(6-10-35)29-59-17-21-61(22-18-59)46(69)14-13-41(53)50(71)54-16-15-47(70)62-23-19-60(20-24-62)30-34-7-11-36(12-8-34)64-49(56-58-52(64)73)40-26-38(32(3)4)43(66)28-45(40)68;1-14(2)17-11-18(20(29)12-19(17)28)21-24-25-22(30)27(21)16-5-3-15(4-6-16)13-26-9-7-23-8-10-26;1-13(2,3)22-12(21)15-8(4-5-9(16)17)11(20)14-7-6-10(18)19;/h5-12,25-28,31-32,41,65-68H,13-24,29-30,53H2,1-4H3,(H,54,71)(H,57,72)(H,58,73);3-6,11-12,14,23,28-29H,7-10,13H2,1-2H3,(H,25,30);8H,4-7H2,1-3H3,(H,14,20)(H,15,21)(H,16,17)(H,18,19);1H4/t41-;;8-;/m1.1./s1/i;;;1T. The molecule has 38 nitrogen and oxygen atoms in total. The van der Waals surface area contributed by atoms with Crippen molar-refractivity contribution in [2.24, 2.45) is 5.73 Å². The van der Waals surface area contributed by atoms with Crippen LogP contribution in [0.15, 0.2) is 124 Å². The Morgan fingerprint density at radius 3 is 1.13 bits per heavy atom. The Labute approximate surface area is 729 Å². The minimum atomic E-state index is -1.12. The number of aromatic nitrogens is 9. The lowest BCUT2D eigenvalue weighted by molar-refractivity contribution is -0.138. The largest absolute Gasteiger partial charge is 0.508 e. The van der Waals surface area contributed by atoms with Crippen molar-refractivity contribution in [1.82, 2.24) is 90.1 Å². The summed E-state index contributed by atoms with van der Waals surface area (Å²) >= 11 is 0. The molecule has 38 heteroatoms. The van der Waals surface area contributed by atoms with Crippen LogP contribution in [0.25, 0.3) is 51.2 Å². The SMILES string of the molecule is CC(C)(C)OC(=O)N[C@H](CCC(=O)O)C(=O)NCCC(=O)O.CC(C)c1cc(-c2n[nH]c(=O)n2-c2ccc(CN3CCN(C(=O)CCNC(=O)[C@H](N)CCC(=O)N4CCN(Cc5ccc(-n6c(-c7cc(C(C)C)c(O)cc7O)n[nH]c6=O)cc5)CC4)CC3)cc2)c(O)cc1O.CC(C)c1cc(-c2n[nH]c(=O)n2-c2ccc(CN3CCNCC3)cc2)c(O)cc1O.[3H]C. The highest BCUT2D eigenvalue weighted by Crippen LogP contribution is 2.41. The first kappa shape index (κ1) is 95.1. The molecule has 0 aliphatic carbocycles. The van der Waals surface area contributed by atoms with Crippen LogP contribution in [-0.4, -0.2) is 261 Å². The van der Waals surface area contributed by atoms with Gasteiger partial charge in [0, 0.05) is 150 Å². The van der Waals surface area contributed by atoms with Crippen molar-refractivity contribution in [2.75, 3.05) is 91.6 Å². The van der Waals surface area contributed by atoms with Gasteiger partial charge in [0.05, 0.1) is 46.2 Å². The molecule has 3 aliphatic heterocycles. The maximum absolute atomic E-state index is 13.1. The van der Waals surface area contributed by atoms with Crippen molar-refractivity contribution in [1.29, 1.82) is 0 Å². The molecule has 0 saturated carbocycles. The normalized spacial score (nSPS) is 14.5. The molecule has 2 atom stereocenters. The van der Waals surface area contributed by atoms with Crippen LogP contribution in [0, 0.1) is 0 Å². The van der Waals surface area contributed by atoms with Gasteiger partial charge in [0.2, 0.25) is 23.6 Å². The predicted octanol–water partition coefficient (Wildman–Crippen LogP) is 6.58. The van der Waals surface area contributed by atoms with E-state index >= 15 is 0 Å². The van der Waals surface area contributed by atoms with E-state index in [-0.39, 0.29) is 127 Å². The van der Waals surface area contributed by atoms with E-state index in [1.807, 2.05) is 114 Å². The third-order valence-electron chi connectivity index (χ3n) is 21.4. The number of carboxylic acid groups (broad SMARTS) is 2. The minimum Gasteiger partial charge on any atom is -0.508 e. The van der Waals surface area contributed by atoms with Crippen LogP contribution in [0.2, 0.25) is 0 Å². The fourth-order valence-corrected chi connectivity index (χ4v) is 14.6. The van der Waals surface area contributed by atoms with Crippen LogP contribution in [-0.2, 0) is 53.1 Å². The van der Waals surface area contributed by atoms with Gasteiger partial charge in [-0.1, -0.05) is 85.3 Å². The van der Waals surface area contributed by atoms with Crippen LogP contribution in [0.4, 0.5) is 4.79 Å². The van der Waals surface area contributed by atoms with Crippen molar-refractivity contribution in [3.8, 4) is 85.7 Å². The highest BCUT2D eigenvalue weighted by molar-refractivity contribution is 5.87. The average Bonchev–Trinajstić information content (AvgIpc) is 1.68. The summed E-state index contributed by atoms with van der Waals surface area (Å²) in [5.74, 6) is -3.26. The summed E-state index contributed by atoms with van der Waals surface area (Å²) in [6.45, 7) is 27.4.